The van der Waals surface area contributed by atoms with Crippen molar-refractivity contribution in [2.45, 2.75) is 19.6 Å². The van der Waals surface area contributed by atoms with E-state index in [0.717, 1.165) is 36.4 Å². The first-order chi connectivity index (χ1) is 27.8. The van der Waals surface area contributed by atoms with Gasteiger partial charge in [0.1, 0.15) is 38.4 Å². The zero-order chi connectivity index (χ0) is 43.1. The molecule has 0 radical (unpaired) electrons. The highest BCUT2D eigenvalue weighted by Crippen LogP contribution is 2.48. The first-order valence-corrected chi connectivity index (χ1v) is 21.0. The molecule has 0 saturated heterocycles. The van der Waals surface area contributed by atoms with E-state index in [-0.39, 0.29) is 62.9 Å². The molecule has 59 heavy (non-hydrogen) atoms. The van der Waals surface area contributed by atoms with Crippen LogP contribution in [0.5, 0.6) is 5.75 Å². The SMILES string of the molecule is Nc1ccc2c(O)c(/N=N/c3ccc(S(=O)(=O)CCOSOOO)cc3S(=O)(=O)O)c(SOOO)cc2c1/N=N/c1cc(Nc2cc(F)nc(F)n2)ccc1S(=O)(=O)O. The van der Waals surface area contributed by atoms with Crippen LogP contribution in [0, 0.1) is 12.0 Å². The predicted octanol–water partition coefficient (Wildman–Crippen LogP) is 6.47. The van der Waals surface area contributed by atoms with Gasteiger partial charge in [0.15, 0.2) is 27.9 Å². The number of anilines is 3. The Bertz CT molecular complexity index is 2790. The molecule has 1 heterocycles. The molecular weight excluding hydrogens is 903 g/mol. The Kier molecular flexibility index (Phi) is 14.4. The number of phenols is 1. The molecule has 0 spiro atoms. The van der Waals surface area contributed by atoms with Gasteiger partial charge in [0.25, 0.3) is 20.2 Å². The van der Waals surface area contributed by atoms with E-state index >= 15 is 0 Å². The number of nitrogens with one attached hydrogen (secondary N) is 1. The van der Waals surface area contributed by atoms with E-state index in [1.54, 1.807) is 0 Å². The van der Waals surface area contributed by atoms with E-state index in [4.69, 9.17) is 20.4 Å². The van der Waals surface area contributed by atoms with Gasteiger partial charge >= 0.3 is 6.08 Å². The van der Waals surface area contributed by atoms with E-state index in [1.165, 1.54) is 18.2 Å². The van der Waals surface area contributed by atoms with Crippen LogP contribution in [0.2, 0.25) is 0 Å². The molecule has 8 N–H and O–H groups in total. The van der Waals surface area contributed by atoms with Gasteiger partial charge in [-0.15, -0.1) is 29.1 Å². The lowest BCUT2D eigenvalue weighted by atomic mass is 10.1. The summed E-state index contributed by atoms with van der Waals surface area (Å²) in [6, 6.07) is 9.76. The van der Waals surface area contributed by atoms with Crippen LogP contribution in [0.1, 0.15) is 0 Å². The average Bonchev–Trinajstić information content (AvgIpc) is 3.15. The maximum atomic E-state index is 13.6. The maximum Gasteiger partial charge on any atom is 0.313 e. The minimum absolute atomic E-state index is 0.0406. The number of hydrogen-bond donors (Lipinski definition) is 7. The van der Waals surface area contributed by atoms with Crippen molar-refractivity contribution in [2.24, 2.45) is 20.5 Å². The quantitative estimate of drug-likeness (QED) is 0.00570. The van der Waals surface area contributed by atoms with Gasteiger partial charge < -0.3 is 16.2 Å². The number of hydrogen-bond acceptors (Lipinski definition) is 24. The lowest BCUT2D eigenvalue weighted by Gasteiger charge is -2.12. The van der Waals surface area contributed by atoms with Gasteiger partial charge in [0.05, 0.1) is 39.9 Å². The van der Waals surface area contributed by atoms with Gasteiger partial charge in [-0.05, 0) is 54.6 Å². The Balaban J connectivity index is 1.57. The summed E-state index contributed by atoms with van der Waals surface area (Å²) in [7, 11) is -14.4. The van der Waals surface area contributed by atoms with Gasteiger partial charge in [0.2, 0.25) is 5.95 Å². The number of rotatable bonds is 18. The Morgan fingerprint density at radius 2 is 1.46 bits per heavy atom. The fourth-order valence-corrected chi connectivity index (χ4v) is 8.00. The average molecular weight is 925 g/mol. The minimum atomic E-state index is -5.19. The van der Waals surface area contributed by atoms with Crippen molar-refractivity contribution in [1.82, 2.24) is 9.97 Å². The molecule has 0 saturated carbocycles. The van der Waals surface area contributed by atoms with Crippen LogP contribution in [0.3, 0.4) is 0 Å². The molecule has 0 unspecified atom stereocenters. The molecular formula is C28H22F2N8O16S5. The fourth-order valence-electron chi connectivity index (χ4n) is 4.75. The van der Waals surface area contributed by atoms with E-state index < -0.39 is 92.0 Å². The molecule has 24 nitrogen and oxygen atoms in total. The van der Waals surface area contributed by atoms with E-state index in [1.807, 2.05) is 0 Å². The third-order valence-corrected chi connectivity index (χ3v) is 11.7. The van der Waals surface area contributed by atoms with Crippen LogP contribution in [-0.2, 0) is 53.0 Å². The molecule has 0 fully saturated rings. The number of fused-ring (bicyclic) bond motifs is 1. The molecule has 0 amide bonds. The van der Waals surface area contributed by atoms with Crippen LogP contribution >= 0.6 is 24.4 Å². The Hall–Kier alpha value is -5.13. The number of aromatic nitrogens is 2. The van der Waals surface area contributed by atoms with Crippen LogP contribution in [0.25, 0.3) is 10.8 Å². The number of aromatic hydroxyl groups is 1. The molecule has 5 rings (SSSR count). The van der Waals surface area contributed by atoms with Gasteiger partial charge in [-0.25, -0.2) is 18.9 Å². The van der Waals surface area contributed by atoms with Gasteiger partial charge in [0, 0.05) is 22.5 Å². The summed E-state index contributed by atoms with van der Waals surface area (Å²) in [6.07, 6.45) is -1.41. The molecule has 0 aliphatic rings. The van der Waals surface area contributed by atoms with E-state index in [0.29, 0.717) is 6.07 Å². The van der Waals surface area contributed by atoms with Crippen molar-refractivity contribution in [3.05, 3.63) is 72.7 Å². The van der Waals surface area contributed by atoms with Crippen molar-refractivity contribution in [1.29, 1.82) is 0 Å². The first-order valence-electron chi connectivity index (χ1n) is 15.1. The summed E-state index contributed by atoms with van der Waals surface area (Å²) < 4.78 is 135. The van der Waals surface area contributed by atoms with Crippen LogP contribution < -0.4 is 11.1 Å². The molecule has 314 valence electrons. The number of benzene rings is 4. The third-order valence-electron chi connectivity index (χ3n) is 7.19. The minimum Gasteiger partial charge on any atom is -0.505 e. The van der Waals surface area contributed by atoms with Crippen molar-refractivity contribution in [2.75, 3.05) is 23.4 Å². The summed E-state index contributed by atoms with van der Waals surface area (Å²) >= 11 is 0.300. The molecule has 4 aromatic carbocycles. The number of halogens is 2. The Labute approximate surface area is 337 Å². The van der Waals surface area contributed by atoms with Gasteiger partial charge in [-0.3, -0.25) is 13.3 Å². The second-order valence-corrected chi connectivity index (χ2v) is 17.0. The standard InChI is InChI=1S/C28H22F2N8O16S5/c29-23-12-24(34-28(30)33-23)32-13-1-6-21(58(44,45)46)19(9-13)36-37-25-16-11-20(55-53-51-40)26(27(39)15(16)3-4-17(25)31)38-35-18-5-2-14(10-22(18)59(47,48)49)57(42,43)8-7-50-56-54-52-41/h1-6,9-12,39-41H,7-8,31H2,(H,32,33,34)(H,44,45,46)(H,47,48,49)/b37-36+,38-35+. The predicted molar refractivity (Wildman–Crippen MR) is 197 cm³/mol. The highest BCUT2D eigenvalue weighted by molar-refractivity contribution is 7.94. The molecule has 0 atom stereocenters. The zero-order valence-corrected chi connectivity index (χ0v) is 32.6. The van der Waals surface area contributed by atoms with Crippen LogP contribution in [-0.4, -0.2) is 72.3 Å². The van der Waals surface area contributed by atoms with Crippen molar-refractivity contribution >= 4 is 105 Å². The Morgan fingerprint density at radius 1 is 0.763 bits per heavy atom. The van der Waals surface area contributed by atoms with Gasteiger partial charge in [-0.1, -0.05) is 10.1 Å². The summed E-state index contributed by atoms with van der Waals surface area (Å²) in [6.45, 7) is -0.525. The highest BCUT2D eigenvalue weighted by atomic mass is 32.2. The third kappa shape index (κ3) is 11.3. The summed E-state index contributed by atoms with van der Waals surface area (Å²) in [5.74, 6) is -3.07. The number of nitrogens with two attached hydrogens (primary N) is 1. The molecule has 0 aliphatic carbocycles. The van der Waals surface area contributed by atoms with Crippen molar-refractivity contribution in [3.8, 4) is 5.75 Å². The molecule has 5 aromatic rings. The second kappa shape index (κ2) is 18.8. The normalized spacial score (nSPS) is 12.6. The number of sulfone groups is 1. The maximum absolute atomic E-state index is 13.6. The molecule has 0 aliphatic heterocycles. The summed E-state index contributed by atoms with van der Waals surface area (Å²) in [4.78, 5) is 3.57. The topological polar surface area (TPSA) is 363 Å². The van der Waals surface area contributed by atoms with Crippen molar-refractivity contribution in [3.63, 3.8) is 0 Å². The molecule has 0 bridgehead atoms. The highest BCUT2D eigenvalue weighted by Gasteiger charge is 2.24. The van der Waals surface area contributed by atoms with Crippen LogP contribution in [0.4, 0.5) is 48.7 Å². The number of nitrogen functional groups attached to an aromatic ring is 1. The Morgan fingerprint density at radius 3 is 2.14 bits per heavy atom. The van der Waals surface area contributed by atoms with E-state index in [2.05, 4.69) is 54.5 Å². The van der Waals surface area contributed by atoms with Crippen molar-refractivity contribution < 1.29 is 81.7 Å². The monoisotopic (exact) mass is 924 g/mol. The number of azo groups is 2. The van der Waals surface area contributed by atoms with E-state index in [9.17, 15) is 48.2 Å². The first kappa shape index (κ1) is 45.0. The number of nitrogens with zero attached hydrogens (tertiary/aromatic N) is 6. The fraction of sp³-hybridized carbons (Fsp3) is 0.0714. The lowest BCUT2D eigenvalue weighted by molar-refractivity contribution is -0.434. The molecule has 1 aromatic heterocycles. The zero-order valence-electron chi connectivity index (χ0n) is 28.5. The lowest BCUT2D eigenvalue weighted by Crippen LogP contribution is -2.12. The van der Waals surface area contributed by atoms with Crippen LogP contribution in [0.15, 0.2) is 101 Å². The molecule has 31 heteroatoms. The largest absolute Gasteiger partial charge is 0.505 e. The van der Waals surface area contributed by atoms with Gasteiger partial charge in [-0.2, -0.15) is 35.6 Å². The number of phenolic OH excluding ortho intramolecular Hbond substituents is 1. The second-order valence-electron chi connectivity index (χ2n) is 10.9. The summed E-state index contributed by atoms with van der Waals surface area (Å²) in [5.41, 5.74) is 4.07. The smallest absolute Gasteiger partial charge is 0.313 e. The summed E-state index contributed by atoms with van der Waals surface area (Å²) in [5, 5.41) is 53.2.